The molecule has 1 saturated carbocycles. The Balaban J connectivity index is 1.83. The number of nitrogens with zero attached hydrogens (tertiary/aromatic N) is 1. The molecule has 1 amide bonds. The van der Waals surface area contributed by atoms with Crippen LogP contribution in [0.25, 0.3) is 0 Å². The first-order valence-corrected chi connectivity index (χ1v) is 11.9. The second-order valence-corrected chi connectivity index (χ2v) is 9.83. The standard InChI is InChI=1S/C23H29FN2O4S/c1-16-6-4-5-7-20(16)25-31(28,29)22-14-18(10-13-21(22)30-3)23(27)26(2)15-17-8-11-19(24)12-9-17/h8-14,16,20,25H,4-7,15H2,1-3H3. The normalized spacial score (nSPS) is 19.1. The molecule has 2 aromatic rings. The van der Waals surface area contributed by atoms with E-state index in [0.29, 0.717) is 0 Å². The van der Waals surface area contributed by atoms with Crippen LogP contribution in [0.2, 0.25) is 0 Å². The lowest BCUT2D eigenvalue weighted by atomic mass is 9.87. The van der Waals surface area contributed by atoms with E-state index in [1.807, 2.05) is 6.92 Å². The van der Waals surface area contributed by atoms with Crippen LogP contribution >= 0.6 is 0 Å². The molecule has 1 N–H and O–H groups in total. The van der Waals surface area contributed by atoms with E-state index >= 15 is 0 Å². The van der Waals surface area contributed by atoms with Gasteiger partial charge in [-0.05, 0) is 54.7 Å². The molecule has 3 rings (SSSR count). The lowest BCUT2D eigenvalue weighted by Gasteiger charge is -2.29. The highest BCUT2D eigenvalue weighted by molar-refractivity contribution is 7.89. The van der Waals surface area contributed by atoms with Crippen molar-refractivity contribution in [3.63, 3.8) is 0 Å². The molecule has 1 aliphatic carbocycles. The number of ether oxygens (including phenoxy) is 1. The van der Waals surface area contributed by atoms with Crippen LogP contribution in [-0.2, 0) is 16.6 Å². The van der Waals surface area contributed by atoms with Crippen molar-refractivity contribution in [3.8, 4) is 5.75 Å². The van der Waals surface area contributed by atoms with Crippen molar-refractivity contribution in [3.05, 3.63) is 59.4 Å². The van der Waals surface area contributed by atoms with Gasteiger partial charge in [0.15, 0.2) is 0 Å². The molecule has 1 fully saturated rings. The van der Waals surface area contributed by atoms with Gasteiger partial charge in [0, 0.05) is 25.2 Å². The molecule has 2 atom stereocenters. The maximum atomic E-state index is 13.1. The molecule has 0 saturated heterocycles. The van der Waals surface area contributed by atoms with E-state index in [0.717, 1.165) is 31.2 Å². The summed E-state index contributed by atoms with van der Waals surface area (Å²) in [6.07, 6.45) is 3.87. The van der Waals surface area contributed by atoms with E-state index in [9.17, 15) is 17.6 Å². The molecule has 0 aromatic heterocycles. The van der Waals surface area contributed by atoms with Crippen LogP contribution < -0.4 is 9.46 Å². The number of hydrogen-bond donors (Lipinski definition) is 1. The first-order valence-electron chi connectivity index (χ1n) is 10.4. The molecule has 6 nitrogen and oxygen atoms in total. The first-order chi connectivity index (χ1) is 14.7. The van der Waals surface area contributed by atoms with E-state index in [1.165, 1.54) is 36.3 Å². The number of rotatable bonds is 7. The molecule has 31 heavy (non-hydrogen) atoms. The number of sulfonamides is 1. The Kier molecular flexibility index (Phi) is 7.33. The Labute approximate surface area is 183 Å². The quantitative estimate of drug-likeness (QED) is 0.696. The van der Waals surface area contributed by atoms with Gasteiger partial charge < -0.3 is 9.64 Å². The van der Waals surface area contributed by atoms with Crippen LogP contribution in [0.3, 0.4) is 0 Å². The number of amides is 1. The summed E-state index contributed by atoms with van der Waals surface area (Å²) >= 11 is 0. The summed E-state index contributed by atoms with van der Waals surface area (Å²) in [6.45, 7) is 2.32. The molecule has 2 unspecified atom stereocenters. The molecule has 0 spiro atoms. The number of benzene rings is 2. The second-order valence-electron chi connectivity index (χ2n) is 8.14. The van der Waals surface area contributed by atoms with E-state index in [2.05, 4.69) is 4.72 Å². The molecule has 168 valence electrons. The van der Waals surface area contributed by atoms with Crippen molar-refractivity contribution < 1.29 is 22.3 Å². The van der Waals surface area contributed by atoms with Crippen LogP contribution in [0.1, 0.15) is 48.5 Å². The molecule has 0 bridgehead atoms. The summed E-state index contributed by atoms with van der Waals surface area (Å²) in [6, 6.07) is 10.2. The maximum Gasteiger partial charge on any atom is 0.253 e. The number of halogens is 1. The van der Waals surface area contributed by atoms with Crippen molar-refractivity contribution in [1.82, 2.24) is 9.62 Å². The zero-order valence-electron chi connectivity index (χ0n) is 18.1. The Morgan fingerprint density at radius 2 is 1.84 bits per heavy atom. The van der Waals surface area contributed by atoms with Gasteiger partial charge in [-0.3, -0.25) is 4.79 Å². The summed E-state index contributed by atoms with van der Waals surface area (Å²) in [4.78, 5) is 14.3. The predicted octanol–water partition coefficient (Wildman–Crippen LogP) is 3.96. The lowest BCUT2D eigenvalue weighted by molar-refractivity contribution is 0.0785. The second kappa shape index (κ2) is 9.78. The molecular formula is C23H29FN2O4S. The molecule has 0 heterocycles. The Hall–Kier alpha value is -2.45. The predicted molar refractivity (Wildman–Crippen MR) is 117 cm³/mol. The number of carbonyl (C=O) groups is 1. The van der Waals surface area contributed by atoms with Crippen LogP contribution in [0.15, 0.2) is 47.4 Å². The van der Waals surface area contributed by atoms with Gasteiger partial charge in [-0.15, -0.1) is 0 Å². The summed E-state index contributed by atoms with van der Waals surface area (Å²) in [5.74, 6) is -0.244. The Bertz CT molecular complexity index is 1020. The molecule has 0 aliphatic heterocycles. The Morgan fingerprint density at radius 1 is 1.16 bits per heavy atom. The monoisotopic (exact) mass is 448 g/mol. The minimum atomic E-state index is -3.87. The van der Waals surface area contributed by atoms with Gasteiger partial charge in [0.1, 0.15) is 16.5 Å². The average Bonchev–Trinajstić information content (AvgIpc) is 2.75. The smallest absolute Gasteiger partial charge is 0.253 e. The minimum Gasteiger partial charge on any atom is -0.495 e. The fourth-order valence-electron chi connectivity index (χ4n) is 3.93. The largest absolute Gasteiger partial charge is 0.495 e. The van der Waals surface area contributed by atoms with Gasteiger partial charge in [-0.1, -0.05) is 31.9 Å². The SMILES string of the molecule is COc1ccc(C(=O)N(C)Cc2ccc(F)cc2)cc1S(=O)(=O)NC1CCCCC1C. The third-order valence-corrected chi connectivity index (χ3v) is 7.31. The van der Waals surface area contributed by atoms with Gasteiger partial charge in [0.05, 0.1) is 7.11 Å². The third-order valence-electron chi connectivity index (χ3n) is 5.80. The number of carbonyl (C=O) groups excluding carboxylic acids is 1. The fourth-order valence-corrected chi connectivity index (χ4v) is 5.50. The summed E-state index contributed by atoms with van der Waals surface area (Å²) in [5.41, 5.74) is 1.01. The van der Waals surface area contributed by atoms with Crippen molar-refractivity contribution in [2.24, 2.45) is 5.92 Å². The third kappa shape index (κ3) is 5.62. The number of nitrogens with one attached hydrogen (secondary N) is 1. The molecule has 1 aliphatic rings. The van der Waals surface area contributed by atoms with E-state index < -0.39 is 10.0 Å². The summed E-state index contributed by atoms with van der Waals surface area (Å²) < 4.78 is 47.5. The van der Waals surface area contributed by atoms with Gasteiger partial charge >= 0.3 is 0 Å². The molecular weight excluding hydrogens is 419 g/mol. The molecule has 2 aromatic carbocycles. The zero-order chi connectivity index (χ0) is 22.6. The van der Waals surface area contributed by atoms with Crippen molar-refractivity contribution in [2.75, 3.05) is 14.2 Å². The van der Waals surface area contributed by atoms with E-state index in [1.54, 1.807) is 25.2 Å². The minimum absolute atomic E-state index is 0.0474. The van der Waals surface area contributed by atoms with Crippen LogP contribution in [-0.4, -0.2) is 39.4 Å². The fraction of sp³-hybridized carbons (Fsp3) is 0.435. The van der Waals surface area contributed by atoms with Crippen LogP contribution in [0.4, 0.5) is 4.39 Å². The topological polar surface area (TPSA) is 75.7 Å². The van der Waals surface area contributed by atoms with Crippen molar-refractivity contribution in [1.29, 1.82) is 0 Å². The Morgan fingerprint density at radius 3 is 2.48 bits per heavy atom. The highest BCUT2D eigenvalue weighted by atomic mass is 32.2. The first kappa shape index (κ1) is 23.2. The van der Waals surface area contributed by atoms with Crippen LogP contribution in [0.5, 0.6) is 5.75 Å². The van der Waals surface area contributed by atoms with Gasteiger partial charge in [-0.25, -0.2) is 17.5 Å². The van der Waals surface area contributed by atoms with Crippen molar-refractivity contribution >= 4 is 15.9 Å². The highest BCUT2D eigenvalue weighted by Crippen LogP contribution is 2.29. The zero-order valence-corrected chi connectivity index (χ0v) is 18.9. The summed E-state index contributed by atoms with van der Waals surface area (Å²) in [5, 5.41) is 0. The summed E-state index contributed by atoms with van der Waals surface area (Å²) in [7, 11) is -0.849. The van der Waals surface area contributed by atoms with Gasteiger partial charge in [0.25, 0.3) is 5.91 Å². The number of methoxy groups -OCH3 is 1. The molecule has 0 radical (unpaired) electrons. The number of hydrogen-bond acceptors (Lipinski definition) is 4. The van der Waals surface area contributed by atoms with Crippen LogP contribution in [0, 0.1) is 11.7 Å². The van der Waals surface area contributed by atoms with Crippen molar-refractivity contribution in [2.45, 2.75) is 50.1 Å². The van der Waals surface area contributed by atoms with E-state index in [4.69, 9.17) is 4.74 Å². The van der Waals surface area contributed by atoms with Gasteiger partial charge in [0.2, 0.25) is 10.0 Å². The average molecular weight is 449 g/mol. The lowest BCUT2D eigenvalue weighted by Crippen LogP contribution is -2.41. The van der Waals surface area contributed by atoms with Gasteiger partial charge in [-0.2, -0.15) is 0 Å². The highest BCUT2D eigenvalue weighted by Gasteiger charge is 2.29. The molecule has 8 heteroatoms. The van der Waals surface area contributed by atoms with E-state index in [-0.39, 0.29) is 46.4 Å². The maximum absolute atomic E-state index is 13.1.